The molecule has 3 nitrogen and oxygen atoms in total. The van der Waals surface area contributed by atoms with Crippen molar-refractivity contribution >= 4 is 10.9 Å². The molecule has 0 saturated carbocycles. The number of aryl methyl sites for hydroxylation is 2. The monoisotopic (exact) mass is 246 g/mol. The molecule has 1 heterocycles. The molecular formula is C15H22N2O. The number of fused-ring (bicyclic) bond motifs is 1. The Hall–Kier alpha value is -1.48. The lowest BCUT2D eigenvalue weighted by molar-refractivity contribution is 0.417. The summed E-state index contributed by atoms with van der Waals surface area (Å²) in [4.78, 5) is 0. The van der Waals surface area contributed by atoms with E-state index in [9.17, 15) is 0 Å². The van der Waals surface area contributed by atoms with Crippen LogP contribution in [0.15, 0.2) is 12.1 Å². The van der Waals surface area contributed by atoms with Gasteiger partial charge >= 0.3 is 0 Å². The van der Waals surface area contributed by atoms with Crippen molar-refractivity contribution in [1.82, 2.24) is 4.57 Å². The lowest BCUT2D eigenvalue weighted by atomic mass is 10.0. The topological polar surface area (TPSA) is 40.2 Å². The smallest absolute Gasteiger partial charge is 0.143 e. The Kier molecular flexibility index (Phi) is 3.35. The fourth-order valence-electron chi connectivity index (χ4n) is 2.94. The van der Waals surface area contributed by atoms with Gasteiger partial charge in [0.25, 0.3) is 0 Å². The van der Waals surface area contributed by atoms with Crippen molar-refractivity contribution in [2.45, 2.75) is 33.2 Å². The first-order valence-corrected chi connectivity index (χ1v) is 6.37. The van der Waals surface area contributed by atoms with Crippen LogP contribution < -0.4 is 10.5 Å². The summed E-state index contributed by atoms with van der Waals surface area (Å²) in [6, 6.07) is 4.13. The normalized spacial score (nSPS) is 11.5. The third kappa shape index (κ3) is 1.70. The second-order valence-corrected chi connectivity index (χ2v) is 5.09. The number of ether oxygens (including phenoxy) is 1. The van der Waals surface area contributed by atoms with Gasteiger partial charge < -0.3 is 15.0 Å². The molecule has 18 heavy (non-hydrogen) atoms. The third-order valence-corrected chi connectivity index (χ3v) is 3.63. The maximum absolute atomic E-state index is 5.97. The molecule has 0 amide bonds. The number of benzene rings is 1. The fourth-order valence-corrected chi connectivity index (χ4v) is 2.94. The molecule has 0 fully saturated rings. The molecule has 1 aromatic carbocycles. The van der Waals surface area contributed by atoms with Crippen molar-refractivity contribution in [3.63, 3.8) is 0 Å². The fraction of sp³-hybridized carbons (Fsp3) is 0.467. The van der Waals surface area contributed by atoms with Crippen molar-refractivity contribution in [3.8, 4) is 5.75 Å². The molecule has 0 unspecified atom stereocenters. The average molecular weight is 246 g/mol. The minimum Gasteiger partial charge on any atom is -0.495 e. The van der Waals surface area contributed by atoms with Crippen LogP contribution in [0.4, 0.5) is 0 Å². The second kappa shape index (κ2) is 4.65. The Bertz CT molecular complexity index is 582. The summed E-state index contributed by atoms with van der Waals surface area (Å²) in [5.74, 6) is 1.37. The van der Waals surface area contributed by atoms with Gasteiger partial charge in [-0.25, -0.2) is 0 Å². The molecule has 0 bridgehead atoms. The van der Waals surface area contributed by atoms with Gasteiger partial charge in [-0.2, -0.15) is 0 Å². The maximum Gasteiger partial charge on any atom is 0.143 e. The zero-order valence-electron chi connectivity index (χ0n) is 11.9. The summed E-state index contributed by atoms with van der Waals surface area (Å²) < 4.78 is 7.72. The number of hydrogen-bond acceptors (Lipinski definition) is 2. The number of methoxy groups -OCH3 is 1. The zero-order valence-corrected chi connectivity index (χ0v) is 11.9. The van der Waals surface area contributed by atoms with Crippen LogP contribution in [-0.2, 0) is 13.6 Å². The molecule has 0 spiro atoms. The van der Waals surface area contributed by atoms with Gasteiger partial charge in [-0.15, -0.1) is 0 Å². The van der Waals surface area contributed by atoms with Crippen LogP contribution >= 0.6 is 0 Å². The zero-order chi connectivity index (χ0) is 13.4. The Balaban J connectivity index is 2.97. The molecule has 0 aliphatic carbocycles. The largest absolute Gasteiger partial charge is 0.495 e. The molecule has 0 aliphatic heterocycles. The van der Waals surface area contributed by atoms with Gasteiger partial charge in [0.05, 0.1) is 12.6 Å². The molecule has 1 aromatic heterocycles. The SMILES string of the molecule is COc1ccc(C)c2c(CN)c(C(C)C)n(C)c12. The summed E-state index contributed by atoms with van der Waals surface area (Å²) in [6.07, 6.45) is 0. The van der Waals surface area contributed by atoms with E-state index < -0.39 is 0 Å². The minimum atomic E-state index is 0.449. The lowest BCUT2D eigenvalue weighted by Gasteiger charge is -2.10. The van der Waals surface area contributed by atoms with Crippen molar-refractivity contribution in [3.05, 3.63) is 29.0 Å². The molecule has 3 heteroatoms. The van der Waals surface area contributed by atoms with Crippen molar-refractivity contribution in [2.24, 2.45) is 12.8 Å². The first kappa shape index (κ1) is 13.0. The second-order valence-electron chi connectivity index (χ2n) is 5.09. The van der Waals surface area contributed by atoms with Gasteiger partial charge in [-0.05, 0) is 30.0 Å². The molecule has 2 aromatic rings. The summed E-state index contributed by atoms with van der Waals surface area (Å²) >= 11 is 0. The highest BCUT2D eigenvalue weighted by Crippen LogP contribution is 2.37. The number of aromatic nitrogens is 1. The van der Waals surface area contributed by atoms with Crippen LogP contribution in [0.1, 0.15) is 36.6 Å². The predicted molar refractivity (Wildman–Crippen MR) is 76.2 cm³/mol. The third-order valence-electron chi connectivity index (χ3n) is 3.63. The van der Waals surface area contributed by atoms with Gasteiger partial charge in [0.2, 0.25) is 0 Å². The molecular weight excluding hydrogens is 224 g/mol. The van der Waals surface area contributed by atoms with Crippen LogP contribution in [0.3, 0.4) is 0 Å². The highest BCUT2D eigenvalue weighted by Gasteiger charge is 2.20. The van der Waals surface area contributed by atoms with E-state index in [1.807, 2.05) is 6.07 Å². The molecule has 0 radical (unpaired) electrons. The average Bonchev–Trinajstić information content (AvgIpc) is 2.64. The molecule has 0 atom stereocenters. The van der Waals surface area contributed by atoms with Gasteiger partial charge in [0, 0.05) is 24.7 Å². The summed E-state index contributed by atoms with van der Waals surface area (Å²) in [7, 11) is 3.81. The lowest BCUT2D eigenvalue weighted by Crippen LogP contribution is -2.05. The Morgan fingerprint density at radius 3 is 2.50 bits per heavy atom. The van der Waals surface area contributed by atoms with Gasteiger partial charge in [-0.3, -0.25) is 0 Å². The van der Waals surface area contributed by atoms with E-state index in [1.54, 1.807) is 7.11 Å². The minimum absolute atomic E-state index is 0.449. The van der Waals surface area contributed by atoms with E-state index >= 15 is 0 Å². The number of nitrogens with two attached hydrogens (primary N) is 1. The Morgan fingerprint density at radius 1 is 1.33 bits per heavy atom. The van der Waals surface area contributed by atoms with Crippen LogP contribution in [0, 0.1) is 6.92 Å². The molecule has 2 rings (SSSR count). The predicted octanol–water partition coefficient (Wildman–Crippen LogP) is 3.08. The van der Waals surface area contributed by atoms with E-state index in [0.717, 1.165) is 11.3 Å². The maximum atomic E-state index is 5.97. The van der Waals surface area contributed by atoms with Gasteiger partial charge in [-0.1, -0.05) is 19.9 Å². The highest BCUT2D eigenvalue weighted by molar-refractivity contribution is 5.93. The van der Waals surface area contributed by atoms with E-state index in [2.05, 4.69) is 38.5 Å². The van der Waals surface area contributed by atoms with Crippen molar-refractivity contribution in [1.29, 1.82) is 0 Å². The molecule has 0 saturated heterocycles. The van der Waals surface area contributed by atoms with E-state index in [-0.39, 0.29) is 0 Å². The number of hydrogen-bond donors (Lipinski definition) is 1. The molecule has 0 aliphatic rings. The number of rotatable bonds is 3. The van der Waals surface area contributed by atoms with Gasteiger partial charge in [0.1, 0.15) is 5.75 Å². The van der Waals surface area contributed by atoms with Crippen LogP contribution in [0.2, 0.25) is 0 Å². The van der Waals surface area contributed by atoms with E-state index in [0.29, 0.717) is 12.5 Å². The quantitative estimate of drug-likeness (QED) is 0.904. The molecule has 2 N–H and O–H groups in total. The van der Waals surface area contributed by atoms with E-state index in [4.69, 9.17) is 10.5 Å². The summed E-state index contributed by atoms with van der Waals surface area (Å²) in [5, 5.41) is 1.25. The summed E-state index contributed by atoms with van der Waals surface area (Å²) in [5.41, 5.74) is 10.9. The highest BCUT2D eigenvalue weighted by atomic mass is 16.5. The van der Waals surface area contributed by atoms with Crippen LogP contribution in [0.25, 0.3) is 10.9 Å². The standard InChI is InChI=1S/C15H22N2O/c1-9(2)14-11(8-16)13-10(3)6-7-12(18-5)15(13)17(14)4/h6-7,9H,8,16H2,1-5H3. The first-order valence-electron chi connectivity index (χ1n) is 6.37. The Labute approximate surface area is 109 Å². The van der Waals surface area contributed by atoms with Crippen LogP contribution in [-0.4, -0.2) is 11.7 Å². The van der Waals surface area contributed by atoms with Crippen molar-refractivity contribution in [2.75, 3.05) is 7.11 Å². The number of nitrogens with zero attached hydrogens (tertiary/aromatic N) is 1. The van der Waals surface area contributed by atoms with E-state index in [1.165, 1.54) is 22.2 Å². The van der Waals surface area contributed by atoms with Gasteiger partial charge in [0.15, 0.2) is 0 Å². The summed E-state index contributed by atoms with van der Waals surface area (Å²) in [6.45, 7) is 7.11. The van der Waals surface area contributed by atoms with Crippen molar-refractivity contribution < 1.29 is 4.74 Å². The Morgan fingerprint density at radius 2 is 2.00 bits per heavy atom. The molecule has 98 valence electrons. The van der Waals surface area contributed by atoms with Crippen LogP contribution in [0.5, 0.6) is 5.75 Å². The first-order chi connectivity index (χ1) is 8.52.